The number of carbonyl (C=O) groups excluding carboxylic acids is 1. The van der Waals surface area contributed by atoms with Crippen molar-refractivity contribution in [3.05, 3.63) is 83.4 Å². The predicted octanol–water partition coefficient (Wildman–Crippen LogP) is 4.28. The van der Waals surface area contributed by atoms with E-state index in [0.717, 1.165) is 0 Å². The maximum absolute atomic E-state index is 12.8. The largest absolute Gasteiger partial charge is 0.367 e. The lowest BCUT2D eigenvalue weighted by atomic mass is 9.91. The second kappa shape index (κ2) is 10.8. The molecular formula is C29H31ClN6O4. The van der Waals surface area contributed by atoms with Crippen LogP contribution in [-0.2, 0) is 19.0 Å². The molecule has 10 nitrogen and oxygen atoms in total. The molecule has 2 aliphatic rings. The van der Waals surface area contributed by atoms with Crippen LogP contribution in [0.1, 0.15) is 44.0 Å². The van der Waals surface area contributed by atoms with Gasteiger partial charge in [0.1, 0.15) is 12.2 Å². The van der Waals surface area contributed by atoms with Crippen molar-refractivity contribution < 1.29 is 19.0 Å². The molecule has 1 amide bonds. The van der Waals surface area contributed by atoms with Gasteiger partial charge in [-0.2, -0.15) is 9.97 Å². The maximum Gasteiger partial charge on any atom is 0.252 e. The second-order valence-corrected chi connectivity index (χ2v) is 10.7. The fourth-order valence-electron chi connectivity index (χ4n) is 5.48. The molecule has 2 N–H and O–H groups in total. The Balaban J connectivity index is 1.32. The maximum atomic E-state index is 12.8. The van der Waals surface area contributed by atoms with Crippen molar-refractivity contribution in [1.29, 1.82) is 0 Å². The number of anilines is 1. The summed E-state index contributed by atoms with van der Waals surface area (Å²) in [5.41, 5.74) is 3.34. The monoisotopic (exact) mass is 562 g/mol. The molecule has 0 aliphatic carbocycles. The van der Waals surface area contributed by atoms with E-state index in [-0.39, 0.29) is 17.1 Å². The number of nitrogens with zero attached hydrogens (tertiary/aromatic N) is 4. The standard InChI is InChI=1S/C29H31ClN6O4/c1-4-31-26(37)22-21-23(40-29(2,3)39-21)27(38-22)36-16-33-20-24(34-28(30)35-25(20)36)32-15-19(17-11-7-5-8-12-17)18-13-9-6-10-14-18/h5-14,16,19,21-23,27H,4,15H2,1-3H3,(H,31,37)(H,32,34,35)/t21-,22+,23-,27+/m1/s1. The predicted molar refractivity (Wildman–Crippen MR) is 150 cm³/mol. The van der Waals surface area contributed by atoms with E-state index in [1.165, 1.54) is 11.1 Å². The first kappa shape index (κ1) is 26.6. The van der Waals surface area contributed by atoms with Gasteiger partial charge in [-0.3, -0.25) is 9.36 Å². The molecule has 4 aromatic rings. The number of amides is 1. The third-order valence-corrected chi connectivity index (χ3v) is 7.35. The fourth-order valence-corrected chi connectivity index (χ4v) is 5.65. The van der Waals surface area contributed by atoms with Gasteiger partial charge in [0, 0.05) is 19.0 Å². The molecule has 2 aliphatic heterocycles. The van der Waals surface area contributed by atoms with Gasteiger partial charge in [0.05, 0.1) is 6.33 Å². The van der Waals surface area contributed by atoms with E-state index in [1.807, 2.05) is 57.2 Å². The fraction of sp³-hybridized carbons (Fsp3) is 0.379. The molecule has 208 valence electrons. The highest BCUT2D eigenvalue weighted by Gasteiger charge is 2.58. The Hall–Kier alpha value is -3.57. The zero-order valence-electron chi connectivity index (χ0n) is 22.5. The minimum absolute atomic E-state index is 0.0615. The van der Waals surface area contributed by atoms with Crippen LogP contribution in [0.4, 0.5) is 5.82 Å². The van der Waals surface area contributed by atoms with E-state index in [4.69, 9.17) is 25.8 Å². The molecule has 2 fully saturated rings. The molecule has 6 rings (SSSR count). The van der Waals surface area contributed by atoms with Crippen molar-refractivity contribution >= 4 is 34.5 Å². The highest BCUT2D eigenvalue weighted by atomic mass is 35.5. The van der Waals surface area contributed by atoms with Gasteiger partial charge >= 0.3 is 0 Å². The zero-order chi connectivity index (χ0) is 27.9. The van der Waals surface area contributed by atoms with Crippen LogP contribution in [0.2, 0.25) is 5.28 Å². The number of carbonyl (C=O) groups is 1. The van der Waals surface area contributed by atoms with Gasteiger partial charge in [-0.25, -0.2) is 4.98 Å². The number of benzene rings is 2. The number of aromatic nitrogens is 4. The van der Waals surface area contributed by atoms with Gasteiger partial charge in [-0.1, -0.05) is 60.7 Å². The SMILES string of the molecule is CCNC(=O)[C@H]1O[C@H](n2cnc3c(NCC(c4ccccc4)c4ccccc4)nc(Cl)nc32)[C@@H]2OC(C)(C)O[C@@H]21. The van der Waals surface area contributed by atoms with Crippen LogP contribution in [0.5, 0.6) is 0 Å². The number of nitrogens with one attached hydrogen (secondary N) is 2. The lowest BCUT2D eigenvalue weighted by molar-refractivity contribution is -0.197. The van der Waals surface area contributed by atoms with Crippen LogP contribution in [-0.4, -0.2) is 62.6 Å². The number of rotatable bonds is 8. The summed E-state index contributed by atoms with van der Waals surface area (Å²) in [6, 6.07) is 20.6. The van der Waals surface area contributed by atoms with Crippen molar-refractivity contribution in [3.8, 4) is 0 Å². The van der Waals surface area contributed by atoms with E-state index in [0.29, 0.717) is 30.1 Å². The molecular weight excluding hydrogens is 532 g/mol. The van der Waals surface area contributed by atoms with Crippen LogP contribution >= 0.6 is 11.6 Å². The molecule has 0 saturated carbocycles. The first-order valence-electron chi connectivity index (χ1n) is 13.4. The van der Waals surface area contributed by atoms with Gasteiger partial charge in [0.15, 0.2) is 35.1 Å². The Morgan fingerprint density at radius 3 is 2.33 bits per heavy atom. The Morgan fingerprint density at radius 2 is 1.68 bits per heavy atom. The summed E-state index contributed by atoms with van der Waals surface area (Å²) in [5, 5.41) is 6.34. The molecule has 2 saturated heterocycles. The number of hydrogen-bond acceptors (Lipinski definition) is 8. The average molecular weight is 563 g/mol. The Morgan fingerprint density at radius 1 is 1.02 bits per heavy atom. The van der Waals surface area contributed by atoms with Gasteiger partial charge in [0.2, 0.25) is 5.28 Å². The van der Waals surface area contributed by atoms with Crippen LogP contribution in [0.25, 0.3) is 11.2 Å². The molecule has 0 radical (unpaired) electrons. The molecule has 4 heterocycles. The van der Waals surface area contributed by atoms with Gasteiger partial charge in [-0.05, 0) is 43.5 Å². The van der Waals surface area contributed by atoms with Gasteiger partial charge in [-0.15, -0.1) is 0 Å². The lowest BCUT2D eigenvalue weighted by Gasteiger charge is -2.24. The Bertz CT molecular complexity index is 1460. The number of hydrogen-bond donors (Lipinski definition) is 2. The number of imidazole rings is 1. The zero-order valence-corrected chi connectivity index (χ0v) is 23.2. The second-order valence-electron chi connectivity index (χ2n) is 10.3. The Labute approximate surface area is 237 Å². The van der Waals surface area contributed by atoms with Crippen molar-refractivity contribution in [1.82, 2.24) is 24.8 Å². The summed E-state index contributed by atoms with van der Waals surface area (Å²) in [4.78, 5) is 26.4. The van der Waals surface area contributed by atoms with Crippen molar-refractivity contribution in [2.75, 3.05) is 18.4 Å². The van der Waals surface area contributed by atoms with Crippen molar-refractivity contribution in [2.45, 2.75) is 57.0 Å². The molecule has 2 aromatic carbocycles. The number of halogens is 1. The first-order chi connectivity index (χ1) is 19.3. The normalized spacial score (nSPS) is 23.4. The van der Waals surface area contributed by atoms with Crippen LogP contribution in [0.15, 0.2) is 67.0 Å². The van der Waals surface area contributed by atoms with E-state index in [1.54, 1.807) is 10.9 Å². The highest BCUT2D eigenvalue weighted by Crippen LogP contribution is 2.44. The quantitative estimate of drug-likeness (QED) is 0.306. The van der Waals surface area contributed by atoms with E-state index >= 15 is 0 Å². The topological polar surface area (TPSA) is 112 Å². The lowest BCUT2D eigenvalue weighted by Crippen LogP contribution is -2.42. The molecule has 0 spiro atoms. The number of ether oxygens (including phenoxy) is 3. The van der Waals surface area contributed by atoms with Gasteiger partial charge in [0.25, 0.3) is 5.91 Å². The first-order valence-corrected chi connectivity index (χ1v) is 13.7. The molecule has 0 bridgehead atoms. The van der Waals surface area contributed by atoms with Crippen LogP contribution in [0.3, 0.4) is 0 Å². The minimum Gasteiger partial charge on any atom is -0.367 e. The third-order valence-electron chi connectivity index (χ3n) is 7.18. The Kier molecular flexibility index (Phi) is 7.18. The number of fused-ring (bicyclic) bond motifs is 2. The molecule has 2 aromatic heterocycles. The summed E-state index contributed by atoms with van der Waals surface area (Å²) in [6.45, 7) is 6.52. The summed E-state index contributed by atoms with van der Waals surface area (Å²) in [5.74, 6) is -0.559. The summed E-state index contributed by atoms with van der Waals surface area (Å²) in [7, 11) is 0. The molecule has 4 atom stereocenters. The van der Waals surface area contributed by atoms with Crippen LogP contribution in [0, 0.1) is 0 Å². The summed E-state index contributed by atoms with van der Waals surface area (Å²) in [6.07, 6.45) is -1.07. The molecule has 40 heavy (non-hydrogen) atoms. The highest BCUT2D eigenvalue weighted by molar-refractivity contribution is 6.28. The summed E-state index contributed by atoms with van der Waals surface area (Å²) >= 11 is 6.42. The number of likely N-dealkylation sites (N-methyl/N-ethyl adjacent to an activating group) is 1. The van der Waals surface area contributed by atoms with E-state index in [2.05, 4.69) is 49.9 Å². The average Bonchev–Trinajstić information content (AvgIpc) is 3.60. The molecule has 0 unspecified atom stereocenters. The van der Waals surface area contributed by atoms with E-state index < -0.39 is 30.3 Å². The minimum atomic E-state index is -0.873. The van der Waals surface area contributed by atoms with Crippen molar-refractivity contribution in [3.63, 3.8) is 0 Å². The van der Waals surface area contributed by atoms with E-state index in [9.17, 15) is 4.79 Å². The van der Waals surface area contributed by atoms with Gasteiger partial charge < -0.3 is 24.8 Å². The summed E-state index contributed by atoms with van der Waals surface area (Å²) < 4.78 is 20.2. The molecule has 11 heteroatoms. The van der Waals surface area contributed by atoms with Crippen LogP contribution < -0.4 is 10.6 Å². The smallest absolute Gasteiger partial charge is 0.252 e. The third kappa shape index (κ3) is 5.03. The van der Waals surface area contributed by atoms with Crippen molar-refractivity contribution in [2.24, 2.45) is 0 Å².